The van der Waals surface area contributed by atoms with Gasteiger partial charge < -0.3 is 14.8 Å². The van der Waals surface area contributed by atoms with Crippen molar-refractivity contribution in [2.24, 2.45) is 11.8 Å². The van der Waals surface area contributed by atoms with E-state index in [2.05, 4.69) is 15.5 Å². The average molecular weight is 303 g/mol. The van der Waals surface area contributed by atoms with Crippen LogP contribution in [0, 0.1) is 11.8 Å². The van der Waals surface area contributed by atoms with Gasteiger partial charge in [-0.1, -0.05) is 6.92 Å². The van der Waals surface area contributed by atoms with Crippen LogP contribution < -0.4 is 5.32 Å². The van der Waals surface area contributed by atoms with Crippen LogP contribution in [-0.2, 0) is 24.1 Å². The molecule has 0 aliphatic carbocycles. The molecule has 9 heteroatoms. The van der Waals surface area contributed by atoms with E-state index in [-0.39, 0.29) is 43.2 Å². The SMILES string of the molecule is CC1CNCC1C(=O)N1CCn2c(nnc2C(F)(F)F)C1. The number of carbonyl (C=O) groups excluding carboxylic acids is 1. The van der Waals surface area contributed by atoms with Gasteiger partial charge >= 0.3 is 6.18 Å². The van der Waals surface area contributed by atoms with Gasteiger partial charge in [0, 0.05) is 19.6 Å². The summed E-state index contributed by atoms with van der Waals surface area (Å²) >= 11 is 0. The van der Waals surface area contributed by atoms with Crippen LogP contribution in [0.5, 0.6) is 0 Å². The molecule has 3 heterocycles. The highest BCUT2D eigenvalue weighted by Gasteiger charge is 2.41. The lowest BCUT2D eigenvalue weighted by Crippen LogP contribution is -2.43. The molecule has 6 nitrogen and oxygen atoms in total. The maximum atomic E-state index is 12.7. The summed E-state index contributed by atoms with van der Waals surface area (Å²) < 4.78 is 39.3. The number of aromatic nitrogens is 3. The molecule has 1 fully saturated rings. The molecule has 0 bridgehead atoms. The maximum Gasteiger partial charge on any atom is 0.451 e. The van der Waals surface area contributed by atoms with Crippen molar-refractivity contribution in [3.63, 3.8) is 0 Å². The molecule has 2 aliphatic heterocycles. The molecule has 2 unspecified atom stereocenters. The molecule has 1 saturated heterocycles. The van der Waals surface area contributed by atoms with Crippen molar-refractivity contribution in [3.8, 4) is 0 Å². The minimum absolute atomic E-state index is 0.0182. The van der Waals surface area contributed by atoms with Gasteiger partial charge in [0.05, 0.1) is 12.5 Å². The Morgan fingerprint density at radius 1 is 1.29 bits per heavy atom. The Bertz CT molecular complexity index is 556. The van der Waals surface area contributed by atoms with E-state index in [9.17, 15) is 18.0 Å². The summed E-state index contributed by atoms with van der Waals surface area (Å²) in [5.74, 6) is -0.680. The Kier molecular flexibility index (Phi) is 3.39. The van der Waals surface area contributed by atoms with E-state index in [1.165, 1.54) is 0 Å². The second kappa shape index (κ2) is 4.97. The fourth-order valence-corrected chi connectivity index (χ4v) is 2.93. The van der Waals surface area contributed by atoms with Crippen LogP contribution in [0.25, 0.3) is 0 Å². The van der Waals surface area contributed by atoms with Crippen LogP contribution in [0.15, 0.2) is 0 Å². The van der Waals surface area contributed by atoms with Gasteiger partial charge in [0.25, 0.3) is 0 Å². The predicted molar refractivity (Wildman–Crippen MR) is 66.0 cm³/mol. The molecule has 1 amide bonds. The van der Waals surface area contributed by atoms with E-state index < -0.39 is 12.0 Å². The van der Waals surface area contributed by atoms with E-state index >= 15 is 0 Å². The van der Waals surface area contributed by atoms with E-state index in [1.807, 2.05) is 6.92 Å². The summed E-state index contributed by atoms with van der Waals surface area (Å²) in [5.41, 5.74) is 0. The van der Waals surface area contributed by atoms with E-state index in [0.717, 1.165) is 11.1 Å². The van der Waals surface area contributed by atoms with Crippen molar-refractivity contribution < 1.29 is 18.0 Å². The van der Waals surface area contributed by atoms with Crippen molar-refractivity contribution in [1.29, 1.82) is 0 Å². The van der Waals surface area contributed by atoms with Crippen LogP contribution in [0.3, 0.4) is 0 Å². The third kappa shape index (κ3) is 2.50. The lowest BCUT2D eigenvalue weighted by Gasteiger charge is -2.30. The molecule has 1 aromatic rings. The molecule has 0 radical (unpaired) electrons. The molecule has 2 atom stereocenters. The van der Waals surface area contributed by atoms with Gasteiger partial charge in [-0.15, -0.1) is 10.2 Å². The summed E-state index contributed by atoms with van der Waals surface area (Å²) in [4.78, 5) is 14.0. The van der Waals surface area contributed by atoms with Crippen molar-refractivity contribution >= 4 is 5.91 Å². The third-order valence-corrected chi connectivity index (χ3v) is 4.15. The molecule has 2 aliphatic rings. The Balaban J connectivity index is 1.76. The Hall–Kier alpha value is -1.64. The van der Waals surface area contributed by atoms with Crippen molar-refractivity contribution in [3.05, 3.63) is 11.6 Å². The number of fused-ring (bicyclic) bond motifs is 1. The molecule has 21 heavy (non-hydrogen) atoms. The lowest BCUT2D eigenvalue weighted by molar-refractivity contribution is -0.148. The standard InChI is InChI=1S/C12H16F3N5O/c1-7-4-16-5-8(7)10(21)19-2-3-20-9(6-19)17-18-11(20)12(13,14)15/h7-8,16H,2-6H2,1H3. The molecular weight excluding hydrogens is 287 g/mol. The van der Waals surface area contributed by atoms with E-state index in [1.54, 1.807) is 4.90 Å². The molecular formula is C12H16F3N5O. The van der Waals surface area contributed by atoms with Crippen LogP contribution in [0.2, 0.25) is 0 Å². The summed E-state index contributed by atoms with van der Waals surface area (Å²) in [5, 5.41) is 9.95. The van der Waals surface area contributed by atoms with Crippen LogP contribution in [0.4, 0.5) is 13.2 Å². The van der Waals surface area contributed by atoms with Gasteiger partial charge in [0.1, 0.15) is 0 Å². The number of halogens is 3. The Labute approximate surface area is 119 Å². The topological polar surface area (TPSA) is 63.1 Å². The molecule has 1 N–H and O–H groups in total. The second-order valence-corrected chi connectivity index (χ2v) is 5.59. The summed E-state index contributed by atoms with van der Waals surface area (Å²) in [6.07, 6.45) is -4.51. The highest BCUT2D eigenvalue weighted by atomic mass is 19.4. The first-order valence-electron chi connectivity index (χ1n) is 6.86. The first kappa shape index (κ1) is 14.3. The number of alkyl halides is 3. The largest absolute Gasteiger partial charge is 0.451 e. The fourth-order valence-electron chi connectivity index (χ4n) is 2.93. The summed E-state index contributed by atoms with van der Waals surface area (Å²) in [7, 11) is 0. The van der Waals surface area contributed by atoms with Crippen molar-refractivity contribution in [1.82, 2.24) is 25.0 Å². The van der Waals surface area contributed by atoms with Crippen LogP contribution in [0.1, 0.15) is 18.6 Å². The smallest absolute Gasteiger partial charge is 0.333 e. The first-order valence-corrected chi connectivity index (χ1v) is 6.86. The minimum Gasteiger partial charge on any atom is -0.333 e. The predicted octanol–water partition coefficient (Wildman–Crippen LogP) is 0.495. The zero-order chi connectivity index (χ0) is 15.2. The molecule has 116 valence electrons. The number of carbonyl (C=O) groups is 1. The molecule has 0 aromatic carbocycles. The highest BCUT2D eigenvalue weighted by Crippen LogP contribution is 2.30. The molecule has 0 spiro atoms. The first-order chi connectivity index (χ1) is 9.88. The fraction of sp³-hybridized carbons (Fsp3) is 0.750. The van der Waals surface area contributed by atoms with E-state index in [4.69, 9.17) is 0 Å². The molecule has 3 rings (SSSR count). The number of nitrogens with one attached hydrogen (secondary N) is 1. The number of nitrogens with zero attached hydrogens (tertiary/aromatic N) is 4. The number of hydrogen-bond acceptors (Lipinski definition) is 4. The minimum atomic E-state index is -4.51. The van der Waals surface area contributed by atoms with Gasteiger partial charge in [-0.3, -0.25) is 4.79 Å². The maximum absolute atomic E-state index is 12.7. The zero-order valence-electron chi connectivity index (χ0n) is 11.5. The quantitative estimate of drug-likeness (QED) is 0.820. The van der Waals surface area contributed by atoms with Crippen LogP contribution in [-0.4, -0.2) is 45.2 Å². The van der Waals surface area contributed by atoms with Gasteiger partial charge in [-0.25, -0.2) is 0 Å². The normalized spacial score (nSPS) is 26.0. The molecule has 1 aromatic heterocycles. The zero-order valence-corrected chi connectivity index (χ0v) is 11.5. The summed E-state index contributed by atoms with van der Waals surface area (Å²) in [6.45, 7) is 3.84. The Morgan fingerprint density at radius 3 is 2.67 bits per heavy atom. The second-order valence-electron chi connectivity index (χ2n) is 5.59. The average Bonchev–Trinajstić information content (AvgIpc) is 3.02. The lowest BCUT2D eigenvalue weighted by atomic mass is 9.96. The van der Waals surface area contributed by atoms with Gasteiger partial charge in [-0.2, -0.15) is 13.2 Å². The van der Waals surface area contributed by atoms with Crippen LogP contribution >= 0.6 is 0 Å². The van der Waals surface area contributed by atoms with Gasteiger partial charge in [0.2, 0.25) is 11.7 Å². The van der Waals surface area contributed by atoms with E-state index in [0.29, 0.717) is 6.54 Å². The van der Waals surface area contributed by atoms with Crippen molar-refractivity contribution in [2.75, 3.05) is 19.6 Å². The number of rotatable bonds is 1. The van der Waals surface area contributed by atoms with Gasteiger partial charge in [-0.05, 0) is 12.5 Å². The number of amides is 1. The summed E-state index contributed by atoms with van der Waals surface area (Å²) in [6, 6.07) is 0. The van der Waals surface area contributed by atoms with Gasteiger partial charge in [0.15, 0.2) is 5.82 Å². The Morgan fingerprint density at radius 2 is 2.05 bits per heavy atom. The molecule has 0 saturated carbocycles. The monoisotopic (exact) mass is 303 g/mol. The third-order valence-electron chi connectivity index (χ3n) is 4.15. The highest BCUT2D eigenvalue weighted by molar-refractivity contribution is 5.79. The number of hydrogen-bond donors (Lipinski definition) is 1. The van der Waals surface area contributed by atoms with Crippen molar-refractivity contribution in [2.45, 2.75) is 26.2 Å².